The largest absolute Gasteiger partial charge is 0.452 e. The monoisotopic (exact) mass is 257 g/mol. The molecule has 0 unspecified atom stereocenters. The Morgan fingerprint density at radius 3 is 2.89 bits per heavy atom. The average molecular weight is 258 g/mol. The summed E-state index contributed by atoms with van der Waals surface area (Å²) in [5, 5.41) is 9.19. The number of nitrogens with zero attached hydrogens (tertiary/aromatic N) is 3. The number of nitriles is 1. The number of imidazole rings is 1. The van der Waals surface area contributed by atoms with Crippen molar-refractivity contribution in [1.29, 1.82) is 5.26 Å². The van der Waals surface area contributed by atoms with Gasteiger partial charge in [-0.1, -0.05) is 0 Å². The van der Waals surface area contributed by atoms with Crippen LogP contribution in [0.2, 0.25) is 5.22 Å². The highest BCUT2D eigenvalue weighted by Crippen LogP contribution is 2.30. The molecule has 0 saturated carbocycles. The molecule has 0 N–H and O–H groups in total. The average Bonchev–Trinajstić information content (AvgIpc) is 2.93. The van der Waals surface area contributed by atoms with Gasteiger partial charge < -0.3 is 8.98 Å². The molecule has 0 aliphatic carbocycles. The highest BCUT2D eigenvalue weighted by Gasteiger charge is 2.14. The van der Waals surface area contributed by atoms with Crippen molar-refractivity contribution in [2.75, 3.05) is 0 Å². The molecule has 0 aliphatic rings. The summed E-state index contributed by atoms with van der Waals surface area (Å²) < 4.78 is 7.00. The highest BCUT2D eigenvalue weighted by molar-refractivity contribution is 6.31. The van der Waals surface area contributed by atoms with Gasteiger partial charge in [0.1, 0.15) is 5.82 Å². The Bertz CT molecular complexity index is 779. The molecule has 0 amide bonds. The summed E-state index contributed by atoms with van der Waals surface area (Å²) in [4.78, 5) is 4.49. The number of aromatic nitrogens is 2. The Morgan fingerprint density at radius 1 is 1.39 bits per heavy atom. The van der Waals surface area contributed by atoms with Crippen LogP contribution in [0.4, 0.5) is 0 Å². The molecule has 5 heteroatoms. The van der Waals surface area contributed by atoms with Gasteiger partial charge in [-0.05, 0) is 35.9 Å². The van der Waals surface area contributed by atoms with Crippen LogP contribution in [0, 0.1) is 11.3 Å². The summed E-state index contributed by atoms with van der Waals surface area (Å²) in [7, 11) is 1.90. The lowest BCUT2D eigenvalue weighted by Gasteiger charge is -1.99. The van der Waals surface area contributed by atoms with Crippen molar-refractivity contribution in [2.24, 2.45) is 7.05 Å². The summed E-state index contributed by atoms with van der Waals surface area (Å²) in [5.74, 6) is 0.721. The summed E-state index contributed by atoms with van der Waals surface area (Å²) in [5.41, 5.74) is 3.05. The summed E-state index contributed by atoms with van der Waals surface area (Å²) in [6, 6.07) is 9.27. The fraction of sp³-hybridized carbons (Fsp3) is 0.0769. The topological polar surface area (TPSA) is 54.8 Å². The molecule has 2 heterocycles. The van der Waals surface area contributed by atoms with Gasteiger partial charge in [-0.15, -0.1) is 0 Å². The number of hydrogen-bond donors (Lipinski definition) is 0. The molecule has 0 aliphatic heterocycles. The molecule has 0 fully saturated rings. The van der Waals surface area contributed by atoms with Crippen LogP contribution in [-0.2, 0) is 7.05 Å². The number of benzene rings is 1. The van der Waals surface area contributed by atoms with Crippen LogP contribution in [0.15, 0.2) is 34.9 Å². The molecule has 2 aromatic heterocycles. The normalized spacial score (nSPS) is 10.7. The van der Waals surface area contributed by atoms with Crippen LogP contribution in [0.1, 0.15) is 5.56 Å². The minimum absolute atomic E-state index is 0.314. The van der Waals surface area contributed by atoms with Crippen LogP contribution in [-0.4, -0.2) is 9.55 Å². The number of hydrogen-bond acceptors (Lipinski definition) is 3. The smallest absolute Gasteiger partial charge is 0.203 e. The molecule has 0 bridgehead atoms. The van der Waals surface area contributed by atoms with E-state index in [-0.39, 0.29) is 0 Å². The molecule has 4 nitrogen and oxygen atoms in total. The van der Waals surface area contributed by atoms with E-state index in [1.165, 1.54) is 6.26 Å². The lowest BCUT2D eigenvalue weighted by Crippen LogP contribution is -1.91. The van der Waals surface area contributed by atoms with Crippen LogP contribution >= 0.6 is 11.6 Å². The van der Waals surface area contributed by atoms with Crippen molar-refractivity contribution in [2.45, 2.75) is 0 Å². The summed E-state index contributed by atoms with van der Waals surface area (Å²) in [6.45, 7) is 0. The Labute approximate surface area is 108 Å². The van der Waals surface area contributed by atoms with Crippen molar-refractivity contribution in [3.63, 3.8) is 0 Å². The predicted octanol–water partition coefficient (Wildman–Crippen LogP) is 3.36. The van der Waals surface area contributed by atoms with Crippen molar-refractivity contribution < 1.29 is 4.42 Å². The Hall–Kier alpha value is -2.25. The van der Waals surface area contributed by atoms with E-state index in [0.717, 1.165) is 22.4 Å². The predicted molar refractivity (Wildman–Crippen MR) is 68.1 cm³/mol. The molecule has 0 radical (unpaired) electrons. The first-order valence-electron chi connectivity index (χ1n) is 5.30. The third kappa shape index (κ3) is 1.49. The van der Waals surface area contributed by atoms with Gasteiger partial charge in [0.25, 0.3) is 0 Å². The minimum atomic E-state index is 0.314. The van der Waals surface area contributed by atoms with Crippen molar-refractivity contribution in [1.82, 2.24) is 9.55 Å². The van der Waals surface area contributed by atoms with Gasteiger partial charge in [0.15, 0.2) is 0 Å². The van der Waals surface area contributed by atoms with Gasteiger partial charge in [-0.3, -0.25) is 0 Å². The maximum absolute atomic E-state index is 8.88. The molecule has 88 valence electrons. The number of rotatable bonds is 1. The second-order valence-corrected chi connectivity index (χ2v) is 4.26. The van der Waals surface area contributed by atoms with Crippen LogP contribution in [0.25, 0.3) is 22.4 Å². The third-order valence-corrected chi connectivity index (χ3v) is 3.16. The van der Waals surface area contributed by atoms with Crippen LogP contribution < -0.4 is 0 Å². The van der Waals surface area contributed by atoms with Gasteiger partial charge in [-0.25, -0.2) is 4.98 Å². The van der Waals surface area contributed by atoms with E-state index in [4.69, 9.17) is 21.3 Å². The molecule has 0 saturated heterocycles. The molecule has 18 heavy (non-hydrogen) atoms. The standard InChI is InChI=1S/C13H8ClN3O/c1-17-11-3-2-8(7-15)6-10(11)16-13(17)9-4-5-18-12(9)14/h2-6H,1H3. The van der Waals surface area contributed by atoms with E-state index >= 15 is 0 Å². The van der Waals surface area contributed by atoms with Crippen molar-refractivity contribution >= 4 is 22.6 Å². The fourth-order valence-electron chi connectivity index (χ4n) is 1.96. The Morgan fingerprint density at radius 2 is 2.22 bits per heavy atom. The fourth-order valence-corrected chi connectivity index (χ4v) is 2.16. The second-order valence-electron chi connectivity index (χ2n) is 3.92. The first kappa shape index (κ1) is 10.9. The van der Waals surface area contributed by atoms with Crippen LogP contribution in [0.5, 0.6) is 0 Å². The lowest BCUT2D eigenvalue weighted by atomic mass is 10.2. The number of halogens is 1. The van der Waals surface area contributed by atoms with Gasteiger partial charge in [0, 0.05) is 7.05 Å². The molecule has 0 spiro atoms. The maximum Gasteiger partial charge on any atom is 0.203 e. The molecule has 3 aromatic rings. The van der Waals surface area contributed by atoms with Gasteiger partial charge in [0.2, 0.25) is 5.22 Å². The lowest BCUT2D eigenvalue weighted by molar-refractivity contribution is 0.570. The van der Waals surface area contributed by atoms with E-state index in [2.05, 4.69) is 11.1 Å². The number of aryl methyl sites for hydroxylation is 1. The zero-order valence-electron chi connectivity index (χ0n) is 9.51. The van der Waals surface area contributed by atoms with Gasteiger partial charge in [-0.2, -0.15) is 5.26 Å². The zero-order valence-corrected chi connectivity index (χ0v) is 10.3. The zero-order chi connectivity index (χ0) is 12.7. The maximum atomic E-state index is 8.88. The van der Waals surface area contributed by atoms with E-state index in [1.54, 1.807) is 18.2 Å². The van der Waals surface area contributed by atoms with E-state index in [0.29, 0.717) is 10.8 Å². The van der Waals surface area contributed by atoms with Gasteiger partial charge >= 0.3 is 0 Å². The molecule has 0 atom stereocenters. The van der Waals surface area contributed by atoms with E-state index in [1.807, 2.05) is 17.7 Å². The molecular weight excluding hydrogens is 250 g/mol. The van der Waals surface area contributed by atoms with Gasteiger partial charge in [0.05, 0.1) is 34.5 Å². The van der Waals surface area contributed by atoms with E-state index in [9.17, 15) is 0 Å². The molecule has 3 rings (SSSR count). The summed E-state index contributed by atoms with van der Waals surface area (Å²) >= 11 is 5.96. The Kier molecular flexibility index (Phi) is 2.35. The number of furan rings is 1. The van der Waals surface area contributed by atoms with Crippen molar-refractivity contribution in [3.8, 4) is 17.5 Å². The SMILES string of the molecule is Cn1c(-c2ccoc2Cl)nc2cc(C#N)ccc21. The molecular formula is C13H8ClN3O. The quantitative estimate of drug-likeness (QED) is 0.672. The number of fused-ring (bicyclic) bond motifs is 1. The van der Waals surface area contributed by atoms with E-state index < -0.39 is 0 Å². The highest BCUT2D eigenvalue weighted by atomic mass is 35.5. The first-order chi connectivity index (χ1) is 8.70. The second kappa shape index (κ2) is 3.90. The first-order valence-corrected chi connectivity index (χ1v) is 5.68. The summed E-state index contributed by atoms with van der Waals surface area (Å²) in [6.07, 6.45) is 1.53. The van der Waals surface area contributed by atoms with Crippen LogP contribution in [0.3, 0.4) is 0 Å². The molecule has 1 aromatic carbocycles. The third-order valence-electron chi connectivity index (χ3n) is 2.87. The minimum Gasteiger partial charge on any atom is -0.452 e. The Balaban J connectivity index is 2.30. The van der Waals surface area contributed by atoms with Crippen molar-refractivity contribution in [3.05, 3.63) is 41.3 Å².